The molecule has 3 aromatic carbocycles. The first-order chi connectivity index (χ1) is 16.7. The van der Waals surface area contributed by atoms with Gasteiger partial charge in [0.05, 0.1) is 18.7 Å². The molecule has 1 saturated heterocycles. The van der Waals surface area contributed by atoms with Crippen LogP contribution in [-0.4, -0.2) is 34.9 Å². The minimum atomic E-state index is -1.02. The van der Waals surface area contributed by atoms with E-state index in [2.05, 4.69) is 5.32 Å². The Bertz CT molecular complexity index is 1350. The number of halogens is 1. The Morgan fingerprint density at radius 1 is 1.03 bits per heavy atom. The summed E-state index contributed by atoms with van der Waals surface area (Å²) >= 11 is 5.96. The summed E-state index contributed by atoms with van der Waals surface area (Å²) in [5, 5.41) is 24.3. The molecule has 2 amide bonds. The summed E-state index contributed by atoms with van der Waals surface area (Å²) in [6, 6.07) is 16.0. The molecule has 3 N–H and O–H groups in total. The molecule has 35 heavy (non-hydrogen) atoms. The van der Waals surface area contributed by atoms with Crippen LogP contribution in [0.5, 0.6) is 11.5 Å². The summed E-state index contributed by atoms with van der Waals surface area (Å²) in [6.45, 7) is 1.38. The Labute approximate surface area is 206 Å². The zero-order valence-electron chi connectivity index (χ0n) is 18.8. The van der Waals surface area contributed by atoms with Crippen LogP contribution in [0.4, 0.5) is 11.4 Å². The molecule has 1 aliphatic heterocycles. The minimum Gasteiger partial charge on any atom is -0.507 e. The maximum absolute atomic E-state index is 13.2. The lowest BCUT2D eigenvalue weighted by molar-refractivity contribution is -0.132. The third-order valence-electron chi connectivity index (χ3n) is 5.55. The number of nitrogens with one attached hydrogen (secondary N) is 1. The number of ether oxygens (including phenoxy) is 1. The molecule has 1 atom stereocenters. The summed E-state index contributed by atoms with van der Waals surface area (Å²) in [5.74, 6) is -2.32. The van der Waals surface area contributed by atoms with Crippen molar-refractivity contribution >= 4 is 46.3 Å². The number of carbonyl (C=O) groups is 3. The minimum absolute atomic E-state index is 0.120. The number of carbonyl (C=O) groups excluding carboxylic acids is 3. The highest BCUT2D eigenvalue weighted by Gasteiger charge is 2.47. The smallest absolute Gasteiger partial charge is 0.300 e. The standard InChI is InChI=1S/C26H21ClN2O6/c1-14(30)28-18-8-10-19(11-9-18)29-23(16-5-12-20(31)21(13-16)35-2)22(25(33)26(29)34)24(32)15-3-6-17(27)7-4-15/h3-13,23,31-32H,1-2H3,(H,28,30)/t23-/m0/s1. The van der Waals surface area contributed by atoms with Crippen molar-refractivity contribution in [2.24, 2.45) is 0 Å². The molecule has 8 nitrogen and oxygen atoms in total. The molecule has 0 unspecified atom stereocenters. The number of rotatable bonds is 5. The lowest BCUT2D eigenvalue weighted by atomic mass is 9.94. The molecule has 1 heterocycles. The van der Waals surface area contributed by atoms with Crippen molar-refractivity contribution in [3.63, 3.8) is 0 Å². The van der Waals surface area contributed by atoms with E-state index in [4.69, 9.17) is 16.3 Å². The van der Waals surface area contributed by atoms with Crippen LogP contribution < -0.4 is 15.0 Å². The largest absolute Gasteiger partial charge is 0.507 e. The van der Waals surface area contributed by atoms with Gasteiger partial charge >= 0.3 is 0 Å². The van der Waals surface area contributed by atoms with Crippen molar-refractivity contribution in [3.8, 4) is 11.5 Å². The number of benzene rings is 3. The first kappa shape index (κ1) is 23.8. The molecular formula is C26H21ClN2O6. The molecule has 0 spiro atoms. The molecule has 0 aromatic heterocycles. The number of aliphatic hydroxyl groups is 1. The fourth-order valence-electron chi connectivity index (χ4n) is 3.95. The van der Waals surface area contributed by atoms with Crippen LogP contribution >= 0.6 is 11.6 Å². The third-order valence-corrected chi connectivity index (χ3v) is 5.80. The summed E-state index contributed by atoms with van der Waals surface area (Å²) in [4.78, 5) is 39.1. The Hall–Kier alpha value is -4.30. The van der Waals surface area contributed by atoms with E-state index in [1.54, 1.807) is 54.6 Å². The van der Waals surface area contributed by atoms with E-state index < -0.39 is 17.7 Å². The number of methoxy groups -OCH3 is 1. The van der Waals surface area contributed by atoms with Crippen molar-refractivity contribution in [3.05, 3.63) is 88.5 Å². The van der Waals surface area contributed by atoms with E-state index in [9.17, 15) is 24.6 Å². The predicted octanol–water partition coefficient (Wildman–Crippen LogP) is 4.64. The normalized spacial score (nSPS) is 16.9. The summed E-state index contributed by atoms with van der Waals surface area (Å²) in [6.07, 6.45) is 0. The fraction of sp³-hybridized carbons (Fsp3) is 0.115. The van der Waals surface area contributed by atoms with Crippen molar-refractivity contribution in [1.29, 1.82) is 0 Å². The van der Waals surface area contributed by atoms with Crippen LogP contribution in [0.2, 0.25) is 5.02 Å². The average molecular weight is 493 g/mol. The SMILES string of the molecule is COc1cc([C@H]2C(=C(O)c3ccc(Cl)cc3)C(=O)C(=O)N2c2ccc(NC(C)=O)cc2)ccc1O. The molecule has 3 aromatic rings. The van der Waals surface area contributed by atoms with Crippen molar-refractivity contribution in [2.75, 3.05) is 17.3 Å². The van der Waals surface area contributed by atoms with Gasteiger partial charge in [-0.1, -0.05) is 17.7 Å². The van der Waals surface area contributed by atoms with E-state index in [0.29, 0.717) is 27.5 Å². The molecule has 0 saturated carbocycles. The zero-order valence-corrected chi connectivity index (χ0v) is 19.5. The number of aliphatic hydroxyl groups excluding tert-OH is 1. The van der Waals surface area contributed by atoms with E-state index >= 15 is 0 Å². The number of Topliss-reactive ketones (excluding diaryl/α,β-unsaturated/α-hetero) is 1. The maximum atomic E-state index is 13.2. The Balaban J connectivity index is 1.90. The fourth-order valence-corrected chi connectivity index (χ4v) is 4.08. The van der Waals surface area contributed by atoms with Gasteiger partial charge < -0.3 is 20.3 Å². The number of hydrogen-bond donors (Lipinski definition) is 3. The third kappa shape index (κ3) is 4.56. The van der Waals surface area contributed by atoms with Gasteiger partial charge in [-0.15, -0.1) is 0 Å². The second-order valence-electron chi connectivity index (χ2n) is 7.84. The lowest BCUT2D eigenvalue weighted by Crippen LogP contribution is -2.29. The monoisotopic (exact) mass is 492 g/mol. The first-order valence-electron chi connectivity index (χ1n) is 10.5. The summed E-state index contributed by atoms with van der Waals surface area (Å²) in [5.41, 5.74) is 1.50. The van der Waals surface area contributed by atoms with Crippen LogP contribution in [0, 0.1) is 0 Å². The van der Waals surface area contributed by atoms with Crippen molar-refractivity contribution in [2.45, 2.75) is 13.0 Å². The highest BCUT2D eigenvalue weighted by Crippen LogP contribution is 2.44. The number of phenols is 1. The van der Waals surface area contributed by atoms with Gasteiger partial charge in [0, 0.05) is 28.9 Å². The zero-order chi connectivity index (χ0) is 25.3. The number of phenolic OH excluding ortho intramolecular Hbond substituents is 1. The van der Waals surface area contributed by atoms with Gasteiger partial charge in [0.15, 0.2) is 11.5 Å². The highest BCUT2D eigenvalue weighted by molar-refractivity contribution is 6.51. The highest BCUT2D eigenvalue weighted by atomic mass is 35.5. The van der Waals surface area contributed by atoms with Crippen LogP contribution in [0.3, 0.4) is 0 Å². The second kappa shape index (κ2) is 9.52. The average Bonchev–Trinajstić information content (AvgIpc) is 3.10. The number of amides is 2. The van der Waals surface area contributed by atoms with Gasteiger partial charge in [0.2, 0.25) is 5.91 Å². The molecule has 0 aliphatic carbocycles. The summed E-state index contributed by atoms with van der Waals surface area (Å²) < 4.78 is 5.21. The van der Waals surface area contributed by atoms with Gasteiger partial charge in [-0.05, 0) is 66.2 Å². The number of hydrogen-bond acceptors (Lipinski definition) is 6. The molecule has 0 bridgehead atoms. The molecule has 1 aliphatic rings. The predicted molar refractivity (Wildman–Crippen MR) is 132 cm³/mol. The van der Waals surface area contributed by atoms with E-state index in [-0.39, 0.29) is 28.7 Å². The first-order valence-corrected chi connectivity index (χ1v) is 10.9. The van der Waals surface area contributed by atoms with Crippen LogP contribution in [0.1, 0.15) is 24.1 Å². The van der Waals surface area contributed by atoms with Gasteiger partial charge in [-0.2, -0.15) is 0 Å². The topological polar surface area (TPSA) is 116 Å². The van der Waals surface area contributed by atoms with Gasteiger partial charge in [-0.25, -0.2) is 0 Å². The summed E-state index contributed by atoms with van der Waals surface area (Å²) in [7, 11) is 1.38. The Morgan fingerprint density at radius 2 is 1.69 bits per heavy atom. The van der Waals surface area contributed by atoms with Crippen molar-refractivity contribution in [1.82, 2.24) is 0 Å². The van der Waals surface area contributed by atoms with E-state index in [0.717, 1.165) is 0 Å². The van der Waals surface area contributed by atoms with E-state index in [1.807, 2.05) is 0 Å². The van der Waals surface area contributed by atoms with Gasteiger partial charge in [-0.3, -0.25) is 19.3 Å². The van der Waals surface area contributed by atoms with Crippen LogP contribution in [-0.2, 0) is 14.4 Å². The molecule has 1 fully saturated rings. The number of anilines is 2. The van der Waals surface area contributed by atoms with Crippen molar-refractivity contribution < 1.29 is 29.3 Å². The van der Waals surface area contributed by atoms with Crippen LogP contribution in [0.25, 0.3) is 5.76 Å². The molecule has 0 radical (unpaired) electrons. The Morgan fingerprint density at radius 3 is 2.29 bits per heavy atom. The quantitative estimate of drug-likeness (QED) is 0.271. The van der Waals surface area contributed by atoms with Crippen LogP contribution in [0.15, 0.2) is 72.3 Å². The number of aromatic hydroxyl groups is 1. The van der Waals surface area contributed by atoms with Gasteiger partial charge in [0.1, 0.15) is 5.76 Å². The number of nitrogens with zero attached hydrogens (tertiary/aromatic N) is 1. The molecule has 9 heteroatoms. The second-order valence-corrected chi connectivity index (χ2v) is 8.27. The molecular weight excluding hydrogens is 472 g/mol. The van der Waals surface area contributed by atoms with Gasteiger partial charge in [0.25, 0.3) is 11.7 Å². The number of ketones is 1. The maximum Gasteiger partial charge on any atom is 0.300 e. The molecule has 4 rings (SSSR count). The Kier molecular flexibility index (Phi) is 6.48. The lowest BCUT2D eigenvalue weighted by Gasteiger charge is -2.26. The molecule has 178 valence electrons. The van der Waals surface area contributed by atoms with E-state index in [1.165, 1.54) is 31.1 Å².